The lowest BCUT2D eigenvalue weighted by molar-refractivity contribution is -0.139. The summed E-state index contributed by atoms with van der Waals surface area (Å²) < 4.78 is 22.8. The van der Waals surface area contributed by atoms with Gasteiger partial charge in [-0.3, -0.25) is 14.1 Å². The number of aliphatic carboxylic acids is 1. The van der Waals surface area contributed by atoms with E-state index in [2.05, 4.69) is 22.1 Å². The Labute approximate surface area is 230 Å². The number of fused-ring (bicyclic) bond motifs is 1. The van der Waals surface area contributed by atoms with E-state index >= 15 is 0 Å². The number of nitrogens with one attached hydrogen (secondary N) is 1. The minimum Gasteiger partial charge on any atom is -0.481 e. The van der Waals surface area contributed by atoms with Crippen LogP contribution in [0.15, 0.2) is 60.7 Å². The molecule has 3 aromatic carbocycles. The number of carboxylic acids is 1. The molecule has 204 valence electrons. The fourth-order valence-corrected chi connectivity index (χ4v) is 5.46. The molecule has 1 aliphatic rings. The zero-order valence-electron chi connectivity index (χ0n) is 22.0. The third-order valence-electron chi connectivity index (χ3n) is 6.59. The smallest absolute Gasteiger partial charge is 0.305 e. The summed E-state index contributed by atoms with van der Waals surface area (Å²) in [6.07, 6.45) is -0.219. The molecule has 2 unspecified atom stereocenters. The van der Waals surface area contributed by atoms with Crippen LogP contribution in [-0.4, -0.2) is 73.9 Å². The molecule has 0 spiro atoms. The van der Waals surface area contributed by atoms with Crippen LogP contribution in [0, 0.1) is 11.8 Å². The van der Waals surface area contributed by atoms with Crippen molar-refractivity contribution < 1.29 is 23.5 Å². The largest absolute Gasteiger partial charge is 0.481 e. The van der Waals surface area contributed by atoms with E-state index in [1.165, 1.54) is 4.41 Å². The van der Waals surface area contributed by atoms with Gasteiger partial charge in [-0.15, -0.1) is 4.41 Å². The Morgan fingerprint density at radius 2 is 1.69 bits per heavy atom. The molecule has 0 bridgehead atoms. The van der Waals surface area contributed by atoms with E-state index < -0.39 is 23.3 Å². The second kappa shape index (κ2) is 12.9. The minimum atomic E-state index is -2.30. The van der Waals surface area contributed by atoms with Crippen LogP contribution in [0.5, 0.6) is 0 Å². The molecule has 0 aliphatic carbocycles. The highest BCUT2D eigenvalue weighted by molar-refractivity contribution is 7.76. The van der Waals surface area contributed by atoms with Crippen molar-refractivity contribution in [2.75, 3.05) is 37.6 Å². The number of carbonyl (C=O) groups is 2. The molecular weight excluding hydrogens is 516 g/mol. The molecule has 1 saturated heterocycles. The van der Waals surface area contributed by atoms with Crippen molar-refractivity contribution in [1.29, 1.82) is 0 Å². The number of anilines is 1. The van der Waals surface area contributed by atoms with Crippen LogP contribution in [0.2, 0.25) is 0 Å². The molecule has 4 rings (SSSR count). The first-order valence-electron chi connectivity index (χ1n) is 12.8. The zero-order valence-corrected chi connectivity index (χ0v) is 22.8. The molecule has 10 heteroatoms. The van der Waals surface area contributed by atoms with Gasteiger partial charge in [0.1, 0.15) is 0 Å². The van der Waals surface area contributed by atoms with E-state index in [9.17, 15) is 18.4 Å². The fraction of sp³-hybridized carbons (Fsp3) is 0.310. The molecule has 2 atom stereocenters. The number of nitrogens with zero attached hydrogens (tertiary/aromatic N) is 3. The Bertz CT molecular complexity index is 1430. The lowest BCUT2D eigenvalue weighted by atomic mass is 10.0. The van der Waals surface area contributed by atoms with Crippen molar-refractivity contribution in [2.45, 2.75) is 26.3 Å². The zero-order chi connectivity index (χ0) is 27.9. The number of benzene rings is 3. The van der Waals surface area contributed by atoms with E-state index in [0.717, 1.165) is 27.6 Å². The Morgan fingerprint density at radius 3 is 2.33 bits per heavy atom. The lowest BCUT2D eigenvalue weighted by Crippen LogP contribution is -2.57. The SMILES string of the molecule is CCNC(=O)c1cccc2ccc(C#Cc3ccc(N4CCN(N(C(C)CC(=O)O)S(=O)O)CC4)cc3)cc12. The highest BCUT2D eigenvalue weighted by Gasteiger charge is 2.30. The quantitative estimate of drug-likeness (QED) is 0.292. The summed E-state index contributed by atoms with van der Waals surface area (Å²) >= 11 is -2.30. The number of carboxylic acid groups (broad SMARTS) is 1. The van der Waals surface area contributed by atoms with Crippen molar-refractivity contribution in [1.82, 2.24) is 14.7 Å². The summed E-state index contributed by atoms with van der Waals surface area (Å²) in [7, 11) is 0. The van der Waals surface area contributed by atoms with Crippen LogP contribution >= 0.6 is 0 Å². The van der Waals surface area contributed by atoms with Gasteiger partial charge in [-0.2, -0.15) is 0 Å². The van der Waals surface area contributed by atoms with Gasteiger partial charge in [-0.05, 0) is 67.1 Å². The van der Waals surface area contributed by atoms with Gasteiger partial charge in [0.2, 0.25) is 11.3 Å². The Hall–Kier alpha value is -3.75. The highest BCUT2D eigenvalue weighted by atomic mass is 32.2. The number of rotatable bonds is 8. The molecule has 0 radical (unpaired) electrons. The molecule has 1 aliphatic heterocycles. The first-order valence-corrected chi connectivity index (χ1v) is 13.9. The third-order valence-corrected chi connectivity index (χ3v) is 7.50. The van der Waals surface area contributed by atoms with Crippen LogP contribution in [0.4, 0.5) is 5.69 Å². The van der Waals surface area contributed by atoms with Crippen molar-refractivity contribution in [2.24, 2.45) is 0 Å². The number of hydrogen-bond acceptors (Lipinski definition) is 5. The highest BCUT2D eigenvalue weighted by Crippen LogP contribution is 2.22. The third kappa shape index (κ3) is 7.02. The summed E-state index contributed by atoms with van der Waals surface area (Å²) in [4.78, 5) is 25.7. The first-order chi connectivity index (χ1) is 18.8. The summed E-state index contributed by atoms with van der Waals surface area (Å²) in [5.41, 5.74) is 3.33. The van der Waals surface area contributed by atoms with Gasteiger partial charge in [0.05, 0.1) is 6.42 Å². The summed E-state index contributed by atoms with van der Waals surface area (Å²) in [6.45, 7) is 6.34. The first kappa shape index (κ1) is 28.3. The van der Waals surface area contributed by atoms with Gasteiger partial charge >= 0.3 is 5.97 Å². The molecule has 0 saturated carbocycles. The standard InChI is InChI=1S/C29H32N4O5S/c1-3-30-29(36)26-6-4-5-24-12-9-23(20-27(24)26)8-7-22-10-13-25(14-11-22)31-15-17-32(18-16-31)33(39(37)38)21(2)19-28(34)35/h4-6,9-14,20-21H,3,15-19H2,1-2H3,(H,30,36)(H,34,35)(H,37,38). The summed E-state index contributed by atoms with van der Waals surface area (Å²) in [5, 5.41) is 15.5. The van der Waals surface area contributed by atoms with Gasteiger partial charge in [-0.25, -0.2) is 9.22 Å². The van der Waals surface area contributed by atoms with Crippen LogP contribution in [-0.2, 0) is 16.1 Å². The number of amides is 1. The van der Waals surface area contributed by atoms with Crippen molar-refractivity contribution in [3.8, 4) is 11.8 Å². The average molecular weight is 549 g/mol. The monoisotopic (exact) mass is 548 g/mol. The molecule has 3 aromatic rings. The maximum atomic E-state index is 12.5. The van der Waals surface area contributed by atoms with Crippen LogP contribution < -0.4 is 10.2 Å². The fourth-order valence-electron chi connectivity index (χ4n) is 4.72. The molecule has 0 aromatic heterocycles. The molecular formula is C29H32N4O5S. The number of piperazine rings is 1. The Morgan fingerprint density at radius 1 is 1.03 bits per heavy atom. The molecule has 39 heavy (non-hydrogen) atoms. The molecule has 1 fully saturated rings. The van der Waals surface area contributed by atoms with Crippen LogP contribution in [0.1, 0.15) is 41.8 Å². The second-order valence-electron chi connectivity index (χ2n) is 9.32. The molecule has 1 amide bonds. The predicted molar refractivity (Wildman–Crippen MR) is 152 cm³/mol. The second-order valence-corrected chi connectivity index (χ2v) is 10.2. The molecule has 3 N–H and O–H groups in total. The normalized spacial score (nSPS) is 15.4. The van der Waals surface area contributed by atoms with Gasteiger partial charge in [0, 0.05) is 61.1 Å². The predicted octanol–water partition coefficient (Wildman–Crippen LogP) is 3.33. The van der Waals surface area contributed by atoms with E-state index in [-0.39, 0.29) is 12.3 Å². The van der Waals surface area contributed by atoms with Gasteiger partial charge < -0.3 is 15.3 Å². The van der Waals surface area contributed by atoms with Gasteiger partial charge in [0.15, 0.2) is 0 Å². The van der Waals surface area contributed by atoms with E-state index in [4.69, 9.17) is 5.11 Å². The van der Waals surface area contributed by atoms with E-state index in [0.29, 0.717) is 38.3 Å². The maximum Gasteiger partial charge on any atom is 0.305 e. The Balaban J connectivity index is 1.42. The van der Waals surface area contributed by atoms with Crippen LogP contribution in [0.3, 0.4) is 0 Å². The topological polar surface area (TPSA) is 113 Å². The van der Waals surface area contributed by atoms with Gasteiger partial charge in [0.25, 0.3) is 5.91 Å². The summed E-state index contributed by atoms with van der Waals surface area (Å²) in [5.74, 6) is 5.29. The number of carbonyl (C=O) groups excluding carboxylic acids is 1. The number of hydrazine groups is 1. The van der Waals surface area contributed by atoms with Gasteiger partial charge in [-0.1, -0.05) is 30.0 Å². The van der Waals surface area contributed by atoms with Crippen molar-refractivity contribution in [3.05, 3.63) is 77.4 Å². The van der Waals surface area contributed by atoms with Crippen molar-refractivity contribution in [3.63, 3.8) is 0 Å². The minimum absolute atomic E-state index is 0.100. The lowest BCUT2D eigenvalue weighted by Gasteiger charge is -2.41. The molecule has 1 heterocycles. The summed E-state index contributed by atoms with van der Waals surface area (Å²) in [6, 6.07) is 18.9. The average Bonchev–Trinajstić information content (AvgIpc) is 2.92. The maximum absolute atomic E-state index is 12.5. The van der Waals surface area contributed by atoms with Crippen LogP contribution in [0.25, 0.3) is 10.8 Å². The van der Waals surface area contributed by atoms with Crippen molar-refractivity contribution >= 4 is 39.6 Å². The molecule has 9 nitrogen and oxygen atoms in total. The van der Waals surface area contributed by atoms with E-state index in [1.807, 2.05) is 67.6 Å². The number of hydrogen-bond donors (Lipinski definition) is 3. The van der Waals surface area contributed by atoms with E-state index in [1.54, 1.807) is 11.9 Å². The Kier molecular flexibility index (Phi) is 9.32.